The first-order chi connectivity index (χ1) is 13.1. The molecule has 4 rings (SSSR count). The zero-order chi connectivity index (χ0) is 20.3. The molecule has 1 saturated heterocycles. The van der Waals surface area contributed by atoms with Gasteiger partial charge in [0, 0.05) is 29.8 Å². The Balaban J connectivity index is 1.59. The number of aliphatic hydroxyl groups excluding tert-OH is 1. The highest BCUT2D eigenvalue weighted by Crippen LogP contribution is 2.51. The average molecular weight is 407 g/mol. The minimum absolute atomic E-state index is 0.0330. The van der Waals surface area contributed by atoms with Crippen LogP contribution in [0.3, 0.4) is 0 Å². The molecule has 0 bridgehead atoms. The van der Waals surface area contributed by atoms with Crippen molar-refractivity contribution in [3.63, 3.8) is 0 Å². The highest BCUT2D eigenvalue weighted by atomic mass is 35.5. The maximum absolute atomic E-state index is 13.6. The summed E-state index contributed by atoms with van der Waals surface area (Å²) in [6.45, 7) is 6.47. The van der Waals surface area contributed by atoms with Crippen LogP contribution in [0, 0.1) is 0 Å². The van der Waals surface area contributed by atoms with Gasteiger partial charge >= 0.3 is 6.09 Å². The number of piperidine rings is 1. The second-order valence-corrected chi connectivity index (χ2v) is 9.60. The first kappa shape index (κ1) is 19.5. The molecule has 2 aliphatic heterocycles. The number of carbonyl (C=O) groups excluding carboxylic acids is 2. The number of hydrogen-bond acceptors (Lipinski definition) is 4. The van der Waals surface area contributed by atoms with Crippen LogP contribution >= 0.6 is 11.6 Å². The van der Waals surface area contributed by atoms with Gasteiger partial charge in [-0.1, -0.05) is 11.6 Å². The Morgan fingerprint density at radius 2 is 1.89 bits per heavy atom. The zero-order valence-corrected chi connectivity index (χ0v) is 17.3. The minimum Gasteiger partial charge on any atom is -0.444 e. The van der Waals surface area contributed by atoms with E-state index in [1.807, 2.05) is 43.9 Å². The Kier molecular flexibility index (Phi) is 4.62. The van der Waals surface area contributed by atoms with E-state index in [2.05, 4.69) is 0 Å². The van der Waals surface area contributed by atoms with Gasteiger partial charge in [-0.3, -0.25) is 4.79 Å². The summed E-state index contributed by atoms with van der Waals surface area (Å²) < 4.78 is 5.48. The second kappa shape index (κ2) is 6.63. The van der Waals surface area contributed by atoms with E-state index in [9.17, 15) is 14.7 Å². The highest BCUT2D eigenvalue weighted by molar-refractivity contribution is 6.31. The fourth-order valence-corrected chi connectivity index (χ4v) is 4.74. The third-order valence-electron chi connectivity index (χ3n) is 6.08. The van der Waals surface area contributed by atoms with Crippen molar-refractivity contribution in [1.29, 1.82) is 0 Å². The number of nitrogens with zero attached hydrogens (tertiary/aromatic N) is 2. The fourth-order valence-electron chi connectivity index (χ4n) is 4.57. The molecule has 3 aliphatic rings. The maximum Gasteiger partial charge on any atom is 0.410 e. The number of carbonyl (C=O) groups is 2. The molecule has 0 unspecified atom stereocenters. The molecule has 6 nitrogen and oxygen atoms in total. The minimum atomic E-state index is -0.653. The van der Waals surface area contributed by atoms with Gasteiger partial charge in [-0.05, 0) is 70.2 Å². The summed E-state index contributed by atoms with van der Waals surface area (Å²) in [5.74, 6) is 0.0745. The number of hydrogen-bond donors (Lipinski definition) is 1. The third-order valence-corrected chi connectivity index (χ3v) is 6.32. The van der Waals surface area contributed by atoms with Gasteiger partial charge in [-0.15, -0.1) is 0 Å². The first-order valence-corrected chi connectivity index (χ1v) is 10.3. The van der Waals surface area contributed by atoms with Crippen LogP contribution in [-0.2, 0) is 14.9 Å². The molecule has 0 aromatic heterocycles. The summed E-state index contributed by atoms with van der Waals surface area (Å²) in [5, 5.41) is 10.3. The molecule has 1 aromatic carbocycles. The predicted molar refractivity (Wildman–Crippen MR) is 107 cm³/mol. The second-order valence-electron chi connectivity index (χ2n) is 9.17. The highest BCUT2D eigenvalue weighted by Gasteiger charge is 2.55. The van der Waals surface area contributed by atoms with Gasteiger partial charge in [0.05, 0.1) is 11.5 Å². The normalized spacial score (nSPS) is 26.2. The van der Waals surface area contributed by atoms with Gasteiger partial charge in [-0.25, -0.2) is 4.79 Å². The lowest BCUT2D eigenvalue weighted by Gasteiger charge is -2.42. The van der Waals surface area contributed by atoms with Crippen LogP contribution in [0.25, 0.3) is 0 Å². The van der Waals surface area contributed by atoms with Gasteiger partial charge in [0.25, 0.3) is 0 Å². The lowest BCUT2D eigenvalue weighted by Crippen LogP contribution is -2.55. The van der Waals surface area contributed by atoms with E-state index in [0.717, 1.165) is 11.3 Å². The molecule has 1 saturated carbocycles. The van der Waals surface area contributed by atoms with E-state index in [1.165, 1.54) is 0 Å². The summed E-state index contributed by atoms with van der Waals surface area (Å²) in [5.41, 5.74) is 0.656. The van der Waals surface area contributed by atoms with E-state index < -0.39 is 11.0 Å². The van der Waals surface area contributed by atoms with E-state index in [1.54, 1.807) is 4.90 Å². The lowest BCUT2D eigenvalue weighted by atomic mass is 9.73. The Morgan fingerprint density at radius 1 is 1.25 bits per heavy atom. The molecule has 0 atom stereocenters. The van der Waals surface area contributed by atoms with Crippen LogP contribution in [0.4, 0.5) is 10.5 Å². The number of halogens is 1. The van der Waals surface area contributed by atoms with Crippen LogP contribution in [0.15, 0.2) is 18.2 Å². The summed E-state index contributed by atoms with van der Waals surface area (Å²) in [4.78, 5) is 29.5. The van der Waals surface area contributed by atoms with Crippen molar-refractivity contribution < 1.29 is 19.4 Å². The smallest absolute Gasteiger partial charge is 0.410 e. The van der Waals surface area contributed by atoms with E-state index >= 15 is 0 Å². The van der Waals surface area contributed by atoms with E-state index in [-0.39, 0.29) is 24.1 Å². The van der Waals surface area contributed by atoms with Crippen molar-refractivity contribution in [2.45, 2.75) is 69.6 Å². The first-order valence-electron chi connectivity index (χ1n) is 9.90. The molecule has 1 spiro atoms. The quantitative estimate of drug-likeness (QED) is 0.775. The van der Waals surface area contributed by atoms with Gasteiger partial charge in [-0.2, -0.15) is 0 Å². The number of benzene rings is 1. The largest absolute Gasteiger partial charge is 0.444 e. The number of likely N-dealkylation sites (tertiary alicyclic amines) is 1. The molecule has 2 fully saturated rings. The number of aliphatic hydroxyl groups is 1. The van der Waals surface area contributed by atoms with Crippen LogP contribution in [0.1, 0.15) is 52.0 Å². The van der Waals surface area contributed by atoms with Crippen LogP contribution in [0.2, 0.25) is 5.02 Å². The van der Waals surface area contributed by atoms with E-state index in [4.69, 9.17) is 16.3 Å². The Morgan fingerprint density at radius 3 is 2.46 bits per heavy atom. The van der Waals surface area contributed by atoms with Crippen LogP contribution < -0.4 is 4.90 Å². The van der Waals surface area contributed by atoms with Gasteiger partial charge < -0.3 is 19.6 Å². The Labute approximate surface area is 170 Å². The van der Waals surface area contributed by atoms with Gasteiger partial charge in [0.2, 0.25) is 5.91 Å². The molecular weight excluding hydrogens is 380 g/mol. The third kappa shape index (κ3) is 3.16. The molecule has 0 radical (unpaired) electrons. The summed E-state index contributed by atoms with van der Waals surface area (Å²) in [6, 6.07) is 5.65. The number of fused-ring (bicyclic) bond motifs is 2. The van der Waals surface area contributed by atoms with Crippen molar-refractivity contribution in [2.24, 2.45) is 0 Å². The summed E-state index contributed by atoms with van der Waals surface area (Å²) in [6.07, 6.45) is 1.63. The molecule has 2 amide bonds. The SMILES string of the molecule is CC(C)(C)OC(=O)N1CCC2(CC1)C(=O)N(C1CC(O)C1)c1ccc(Cl)cc12. The van der Waals surface area contributed by atoms with Crippen molar-refractivity contribution in [2.75, 3.05) is 18.0 Å². The van der Waals surface area contributed by atoms with Crippen molar-refractivity contribution in [3.8, 4) is 0 Å². The monoisotopic (exact) mass is 406 g/mol. The zero-order valence-electron chi connectivity index (χ0n) is 16.6. The molecule has 2 heterocycles. The topological polar surface area (TPSA) is 70.1 Å². The number of anilines is 1. The average Bonchev–Trinajstić information content (AvgIpc) is 2.80. The molecule has 1 N–H and O–H groups in total. The number of ether oxygens (including phenoxy) is 1. The van der Waals surface area contributed by atoms with Crippen molar-refractivity contribution >= 4 is 29.3 Å². The molecular formula is C21H27ClN2O4. The standard InChI is InChI=1S/C21H27ClN2O4/c1-20(2,3)28-19(27)23-8-6-21(7-9-23)16-10-13(22)4-5-17(16)24(18(21)26)14-11-15(25)12-14/h4-5,10,14-15,25H,6-9,11-12H2,1-3H3. The Bertz CT molecular complexity index is 805. The molecule has 1 aromatic rings. The molecule has 7 heteroatoms. The number of rotatable bonds is 1. The lowest BCUT2D eigenvalue weighted by molar-refractivity contribution is -0.126. The number of amides is 2. The Hall–Kier alpha value is -1.79. The fraction of sp³-hybridized carbons (Fsp3) is 0.619. The predicted octanol–water partition coefficient (Wildman–Crippen LogP) is 3.48. The van der Waals surface area contributed by atoms with Crippen molar-refractivity contribution in [3.05, 3.63) is 28.8 Å². The van der Waals surface area contributed by atoms with E-state index in [0.29, 0.717) is 43.8 Å². The molecule has 152 valence electrons. The summed E-state index contributed by atoms with van der Waals surface area (Å²) in [7, 11) is 0. The maximum atomic E-state index is 13.6. The van der Waals surface area contributed by atoms with Gasteiger partial charge in [0.1, 0.15) is 5.60 Å². The van der Waals surface area contributed by atoms with Gasteiger partial charge in [0.15, 0.2) is 0 Å². The summed E-state index contributed by atoms with van der Waals surface area (Å²) >= 11 is 6.27. The van der Waals surface area contributed by atoms with Crippen molar-refractivity contribution in [1.82, 2.24) is 4.90 Å². The molecule has 1 aliphatic carbocycles. The van der Waals surface area contributed by atoms with Crippen LogP contribution in [0.5, 0.6) is 0 Å². The molecule has 28 heavy (non-hydrogen) atoms. The van der Waals surface area contributed by atoms with Crippen LogP contribution in [-0.4, -0.2) is 52.8 Å².